The van der Waals surface area contributed by atoms with Crippen LogP contribution >= 0.6 is 45.3 Å². The first kappa shape index (κ1) is 31.9. The van der Waals surface area contributed by atoms with Gasteiger partial charge in [0.1, 0.15) is 0 Å². The van der Waals surface area contributed by atoms with E-state index in [-0.39, 0.29) is 0 Å². The van der Waals surface area contributed by atoms with E-state index in [9.17, 15) is 4.79 Å². The molecule has 0 spiro atoms. The van der Waals surface area contributed by atoms with E-state index < -0.39 is 0 Å². The van der Waals surface area contributed by atoms with Gasteiger partial charge in [0.05, 0.1) is 4.88 Å². The van der Waals surface area contributed by atoms with Gasteiger partial charge in [-0.3, -0.25) is 4.79 Å². The van der Waals surface area contributed by atoms with Crippen molar-refractivity contribution >= 4 is 51.6 Å². The molecule has 5 rings (SSSR count). The van der Waals surface area contributed by atoms with Crippen LogP contribution in [0, 0.1) is 31.6 Å². The smallest absolute Gasteiger partial charge is 0.160 e. The van der Waals surface area contributed by atoms with Crippen molar-refractivity contribution in [2.75, 3.05) is 0 Å². The van der Waals surface area contributed by atoms with Gasteiger partial charge in [-0.15, -0.1) is 45.3 Å². The lowest BCUT2D eigenvalue weighted by molar-refractivity contribution is 0.112. The highest BCUT2D eigenvalue weighted by atomic mass is 32.1. The normalized spacial score (nSPS) is 13.9. The number of aldehydes is 1. The minimum absolute atomic E-state index is 0.846. The van der Waals surface area contributed by atoms with E-state index in [2.05, 4.69) is 75.9 Å². The van der Waals surface area contributed by atoms with Crippen LogP contribution in [0.1, 0.15) is 104 Å². The summed E-state index contributed by atoms with van der Waals surface area (Å²) in [6.45, 7) is 4.54. The van der Waals surface area contributed by atoms with E-state index in [1.54, 1.807) is 16.9 Å². The molecule has 4 aromatic heterocycles. The Morgan fingerprint density at radius 1 is 0.571 bits per heavy atom. The molecule has 4 heterocycles. The van der Waals surface area contributed by atoms with Crippen molar-refractivity contribution in [2.24, 2.45) is 0 Å². The third-order valence-corrected chi connectivity index (χ3v) is 13.0. The van der Waals surface area contributed by atoms with Crippen LogP contribution in [0.15, 0.2) is 36.4 Å². The molecule has 0 bridgehead atoms. The van der Waals surface area contributed by atoms with Crippen molar-refractivity contribution in [3.05, 3.63) is 88.9 Å². The molecule has 1 saturated carbocycles. The third-order valence-electron chi connectivity index (χ3n) is 7.93. The van der Waals surface area contributed by atoms with Gasteiger partial charge in [0.2, 0.25) is 0 Å². The van der Waals surface area contributed by atoms with Gasteiger partial charge in [0, 0.05) is 34.1 Å². The summed E-state index contributed by atoms with van der Waals surface area (Å²) in [6.07, 6.45) is 25.8. The Balaban J connectivity index is 1.31. The van der Waals surface area contributed by atoms with Gasteiger partial charge in [0.15, 0.2) is 6.29 Å². The quantitative estimate of drug-likeness (QED) is 0.0789. The Hall–Kier alpha value is -1.53. The number of carbonyl (C=O) groups is 1. The van der Waals surface area contributed by atoms with Gasteiger partial charge in [-0.25, -0.2) is 0 Å². The molecule has 4 aromatic rings. The lowest BCUT2D eigenvalue weighted by Gasteiger charge is -2.05. The molecule has 1 aliphatic carbocycles. The van der Waals surface area contributed by atoms with Crippen LogP contribution in [-0.4, -0.2) is 6.29 Å². The molecule has 0 aromatic carbocycles. The zero-order valence-electron chi connectivity index (χ0n) is 25.1. The summed E-state index contributed by atoms with van der Waals surface area (Å²) in [5.74, 6) is 1.46. The molecule has 0 N–H and O–H groups in total. The molecule has 0 saturated heterocycles. The standard InChI is InChI=1S/C37H43OS4/c1-3-5-7-9-17-28-24-30(19-13-16-27-14-11-12-15-27)39-36(28)34-22-20-32(41-34)33-21-23-35(42-33)37-29(18-10-8-6-4-2)25-31(26-38)40-37/h11-12,14-15,20-26H,3-10,13,16-19H2,1-2H3. The molecule has 5 heteroatoms. The SMILES string of the molecule is CCCCCCc1cc(C=O)sc1-c1ccc(-c2ccc(-c3sc(CCC[C]4[CH][CH][CH][CH]4)cc3CCCCCC)s2)s1. The second-order valence-corrected chi connectivity index (χ2v) is 15.7. The molecule has 0 atom stereocenters. The number of unbranched alkanes of at least 4 members (excludes halogenated alkanes) is 6. The monoisotopic (exact) mass is 631 g/mol. The van der Waals surface area contributed by atoms with Gasteiger partial charge in [-0.2, -0.15) is 0 Å². The first-order chi connectivity index (χ1) is 20.7. The summed E-state index contributed by atoms with van der Waals surface area (Å²) in [4.78, 5) is 22.1. The van der Waals surface area contributed by atoms with E-state index in [0.717, 1.165) is 30.4 Å². The number of carbonyl (C=O) groups excluding carboxylic acids is 1. The number of thiophene rings is 4. The maximum atomic E-state index is 11.6. The lowest BCUT2D eigenvalue weighted by atomic mass is 10.00. The summed E-state index contributed by atoms with van der Waals surface area (Å²) in [5.41, 5.74) is 2.89. The van der Waals surface area contributed by atoms with Crippen LogP contribution in [0.5, 0.6) is 0 Å². The van der Waals surface area contributed by atoms with Crippen LogP contribution in [-0.2, 0) is 19.3 Å². The Labute approximate surface area is 270 Å². The van der Waals surface area contributed by atoms with Gasteiger partial charge in [-0.1, -0.05) is 52.4 Å². The average Bonchev–Trinajstić information content (AvgIpc) is 3.83. The molecule has 42 heavy (non-hydrogen) atoms. The molecule has 221 valence electrons. The molecular weight excluding hydrogens is 589 g/mol. The van der Waals surface area contributed by atoms with Crippen molar-refractivity contribution < 1.29 is 4.79 Å². The van der Waals surface area contributed by atoms with Crippen LogP contribution in [0.4, 0.5) is 0 Å². The number of hydrogen-bond acceptors (Lipinski definition) is 5. The molecular formula is C37H43OS4. The fraction of sp³-hybridized carbons (Fsp3) is 0.405. The predicted molar refractivity (Wildman–Crippen MR) is 189 cm³/mol. The number of rotatable bonds is 18. The molecule has 0 aliphatic heterocycles. The fourth-order valence-electron chi connectivity index (χ4n) is 5.62. The first-order valence-electron chi connectivity index (χ1n) is 15.8. The van der Waals surface area contributed by atoms with Crippen LogP contribution in [0.3, 0.4) is 0 Å². The van der Waals surface area contributed by atoms with Crippen LogP contribution < -0.4 is 0 Å². The lowest BCUT2D eigenvalue weighted by Crippen LogP contribution is -1.92. The number of aryl methyl sites for hydroxylation is 3. The van der Waals surface area contributed by atoms with E-state index >= 15 is 0 Å². The maximum absolute atomic E-state index is 11.6. The summed E-state index contributed by atoms with van der Waals surface area (Å²) in [7, 11) is 0. The minimum atomic E-state index is 0.846. The molecule has 1 aliphatic rings. The van der Waals surface area contributed by atoms with E-state index in [4.69, 9.17) is 0 Å². The molecule has 0 amide bonds. The molecule has 0 unspecified atom stereocenters. The second kappa shape index (κ2) is 16.5. The van der Waals surface area contributed by atoms with E-state index in [0.29, 0.717) is 0 Å². The zero-order valence-corrected chi connectivity index (χ0v) is 28.4. The summed E-state index contributed by atoms with van der Waals surface area (Å²) in [6, 6.07) is 13.9. The summed E-state index contributed by atoms with van der Waals surface area (Å²) < 4.78 is 0. The van der Waals surface area contributed by atoms with Crippen LogP contribution in [0.2, 0.25) is 0 Å². The molecule has 1 fully saturated rings. The van der Waals surface area contributed by atoms with Crippen molar-refractivity contribution in [3.63, 3.8) is 0 Å². The van der Waals surface area contributed by atoms with Gasteiger partial charge in [-0.05, 0) is 124 Å². The highest BCUT2D eigenvalue weighted by molar-refractivity contribution is 7.28. The highest BCUT2D eigenvalue weighted by Gasteiger charge is 2.19. The Morgan fingerprint density at radius 3 is 1.74 bits per heavy atom. The Bertz CT molecular complexity index is 1380. The van der Waals surface area contributed by atoms with Crippen molar-refractivity contribution in [1.82, 2.24) is 0 Å². The van der Waals surface area contributed by atoms with Crippen molar-refractivity contribution in [1.29, 1.82) is 0 Å². The van der Waals surface area contributed by atoms with Gasteiger partial charge in [0.25, 0.3) is 0 Å². The van der Waals surface area contributed by atoms with Crippen LogP contribution in [0.25, 0.3) is 29.3 Å². The van der Waals surface area contributed by atoms with Gasteiger partial charge >= 0.3 is 0 Å². The Morgan fingerprint density at radius 2 is 1.14 bits per heavy atom. The predicted octanol–water partition coefficient (Wildman–Crippen LogP) is 12.7. The molecule has 5 radical (unpaired) electrons. The average molecular weight is 632 g/mol. The molecule has 1 nitrogen and oxygen atoms in total. The van der Waals surface area contributed by atoms with Crippen molar-refractivity contribution in [3.8, 4) is 29.3 Å². The highest BCUT2D eigenvalue weighted by Crippen LogP contribution is 2.45. The Kier molecular flexibility index (Phi) is 12.5. The zero-order chi connectivity index (χ0) is 29.1. The summed E-state index contributed by atoms with van der Waals surface area (Å²) in [5, 5.41) is 0. The fourth-order valence-corrected chi connectivity index (χ4v) is 10.3. The van der Waals surface area contributed by atoms with Gasteiger partial charge < -0.3 is 0 Å². The van der Waals surface area contributed by atoms with Crippen molar-refractivity contribution in [2.45, 2.75) is 97.3 Å². The first-order valence-corrected chi connectivity index (χ1v) is 19.1. The summed E-state index contributed by atoms with van der Waals surface area (Å²) >= 11 is 7.50. The maximum Gasteiger partial charge on any atom is 0.160 e. The second-order valence-electron chi connectivity index (χ2n) is 11.3. The third kappa shape index (κ3) is 8.55. The minimum Gasteiger partial charge on any atom is -0.297 e. The largest absolute Gasteiger partial charge is 0.297 e. The van der Waals surface area contributed by atoms with E-state index in [1.165, 1.54) is 110 Å². The number of hydrogen-bond donors (Lipinski definition) is 0. The van der Waals surface area contributed by atoms with E-state index in [1.807, 2.05) is 34.0 Å². The topological polar surface area (TPSA) is 17.1 Å².